The molecular weight excluding hydrogens is 202 g/mol. The van der Waals surface area contributed by atoms with Crippen LogP contribution >= 0.6 is 0 Å². The number of benzene rings is 1. The van der Waals surface area contributed by atoms with Crippen LogP contribution in [0.25, 0.3) is 0 Å². The van der Waals surface area contributed by atoms with Crippen LogP contribution in [0.3, 0.4) is 0 Å². The Hall–Kier alpha value is -1.97. The molecule has 0 heterocycles. The summed E-state index contributed by atoms with van der Waals surface area (Å²) in [5, 5.41) is 2.93. The van der Waals surface area contributed by atoms with Gasteiger partial charge in [0.05, 0.1) is 5.56 Å². The maximum Gasteiger partial charge on any atom is 0.253 e. The number of hydrogen-bond acceptors (Lipinski definition) is 3. The van der Waals surface area contributed by atoms with E-state index in [0.717, 1.165) is 12.8 Å². The van der Waals surface area contributed by atoms with Gasteiger partial charge in [0.2, 0.25) is 0 Å². The summed E-state index contributed by atoms with van der Waals surface area (Å²) in [4.78, 5) is 11.9. The first-order valence-electron chi connectivity index (χ1n) is 5.27. The van der Waals surface area contributed by atoms with E-state index in [-0.39, 0.29) is 11.9 Å². The van der Waals surface area contributed by atoms with Crippen LogP contribution in [0.5, 0.6) is 0 Å². The normalized spacial score (nSPS) is 15.2. The van der Waals surface area contributed by atoms with Gasteiger partial charge in [-0.1, -0.05) is 12.2 Å². The monoisotopic (exact) mass is 217 g/mol. The first kappa shape index (κ1) is 10.5. The maximum absolute atomic E-state index is 11.9. The van der Waals surface area contributed by atoms with Gasteiger partial charge in [-0.05, 0) is 31.0 Å². The Morgan fingerprint density at radius 3 is 2.56 bits per heavy atom. The Bertz CT molecular complexity index is 432. The highest BCUT2D eigenvalue weighted by Crippen LogP contribution is 2.17. The number of carbonyl (C=O) groups is 1. The molecule has 16 heavy (non-hydrogen) atoms. The number of rotatable bonds is 2. The van der Waals surface area contributed by atoms with Gasteiger partial charge >= 0.3 is 0 Å². The molecule has 0 saturated carbocycles. The lowest BCUT2D eigenvalue weighted by Gasteiger charge is -2.13. The molecule has 1 aromatic rings. The topological polar surface area (TPSA) is 81.1 Å². The Balaban J connectivity index is 2.08. The molecule has 0 atom stereocenters. The van der Waals surface area contributed by atoms with E-state index in [1.807, 2.05) is 0 Å². The van der Waals surface area contributed by atoms with Gasteiger partial charge < -0.3 is 16.8 Å². The average Bonchev–Trinajstić information content (AvgIpc) is 2.70. The third-order valence-electron chi connectivity index (χ3n) is 2.66. The zero-order valence-electron chi connectivity index (χ0n) is 8.94. The Labute approximate surface area is 94.3 Å². The van der Waals surface area contributed by atoms with Crippen molar-refractivity contribution in [1.29, 1.82) is 0 Å². The van der Waals surface area contributed by atoms with Gasteiger partial charge in [-0.25, -0.2) is 0 Å². The number of nitrogens with one attached hydrogen (secondary N) is 1. The first-order valence-corrected chi connectivity index (χ1v) is 5.27. The van der Waals surface area contributed by atoms with Crippen molar-refractivity contribution >= 4 is 17.3 Å². The van der Waals surface area contributed by atoms with Crippen molar-refractivity contribution in [2.24, 2.45) is 0 Å². The van der Waals surface area contributed by atoms with Crippen LogP contribution in [0.15, 0.2) is 30.4 Å². The fraction of sp³-hybridized carbons (Fsp3) is 0.250. The van der Waals surface area contributed by atoms with E-state index in [1.54, 1.807) is 18.2 Å². The second-order valence-corrected chi connectivity index (χ2v) is 3.96. The van der Waals surface area contributed by atoms with Crippen LogP contribution in [-0.4, -0.2) is 11.9 Å². The van der Waals surface area contributed by atoms with Crippen molar-refractivity contribution in [3.63, 3.8) is 0 Å². The van der Waals surface area contributed by atoms with Crippen molar-refractivity contribution in [2.45, 2.75) is 18.9 Å². The number of carbonyl (C=O) groups excluding carboxylic acids is 1. The van der Waals surface area contributed by atoms with Gasteiger partial charge in [0.15, 0.2) is 0 Å². The van der Waals surface area contributed by atoms with Gasteiger partial charge in [-0.15, -0.1) is 0 Å². The van der Waals surface area contributed by atoms with E-state index < -0.39 is 0 Å². The molecule has 4 heteroatoms. The summed E-state index contributed by atoms with van der Waals surface area (Å²) in [5.41, 5.74) is 12.8. The number of nitrogen functional groups attached to an aromatic ring is 2. The predicted octanol–water partition coefficient (Wildman–Crippen LogP) is 1.30. The Kier molecular flexibility index (Phi) is 2.81. The SMILES string of the molecule is Nc1ccc(C(=O)NC2CC=CC2)c(N)c1. The van der Waals surface area contributed by atoms with Crippen molar-refractivity contribution < 1.29 is 4.79 Å². The molecule has 2 rings (SSSR count). The van der Waals surface area contributed by atoms with Crippen LogP contribution in [0, 0.1) is 0 Å². The quantitative estimate of drug-likeness (QED) is 0.516. The molecular formula is C12H15N3O. The molecule has 4 nitrogen and oxygen atoms in total. The molecule has 0 radical (unpaired) electrons. The molecule has 0 aliphatic heterocycles. The minimum Gasteiger partial charge on any atom is -0.399 e. The summed E-state index contributed by atoms with van der Waals surface area (Å²) >= 11 is 0. The number of anilines is 2. The molecule has 0 aromatic heterocycles. The lowest BCUT2D eigenvalue weighted by Crippen LogP contribution is -2.33. The second-order valence-electron chi connectivity index (χ2n) is 3.96. The van der Waals surface area contributed by atoms with Crippen molar-refractivity contribution in [2.75, 3.05) is 11.5 Å². The zero-order valence-corrected chi connectivity index (χ0v) is 8.94. The van der Waals surface area contributed by atoms with Gasteiger partial charge in [0.1, 0.15) is 0 Å². The molecule has 5 N–H and O–H groups in total. The highest BCUT2D eigenvalue weighted by atomic mass is 16.1. The molecule has 0 spiro atoms. The molecule has 1 aliphatic carbocycles. The van der Waals surface area contributed by atoms with Gasteiger partial charge in [0, 0.05) is 17.4 Å². The smallest absolute Gasteiger partial charge is 0.253 e. The molecule has 0 saturated heterocycles. The van der Waals surface area contributed by atoms with Crippen LogP contribution in [0.4, 0.5) is 11.4 Å². The summed E-state index contributed by atoms with van der Waals surface area (Å²) < 4.78 is 0. The van der Waals surface area contributed by atoms with Crippen LogP contribution < -0.4 is 16.8 Å². The van der Waals surface area contributed by atoms with E-state index in [1.165, 1.54) is 0 Å². The molecule has 0 bridgehead atoms. The molecule has 1 aliphatic rings. The average molecular weight is 217 g/mol. The van der Waals surface area contributed by atoms with E-state index in [4.69, 9.17) is 11.5 Å². The van der Waals surface area contributed by atoms with E-state index in [0.29, 0.717) is 16.9 Å². The van der Waals surface area contributed by atoms with Crippen molar-refractivity contribution in [3.8, 4) is 0 Å². The van der Waals surface area contributed by atoms with Gasteiger partial charge in [-0.3, -0.25) is 4.79 Å². The van der Waals surface area contributed by atoms with Gasteiger partial charge in [-0.2, -0.15) is 0 Å². The summed E-state index contributed by atoms with van der Waals surface area (Å²) in [6.45, 7) is 0. The summed E-state index contributed by atoms with van der Waals surface area (Å²) in [7, 11) is 0. The molecule has 0 fully saturated rings. The summed E-state index contributed by atoms with van der Waals surface area (Å²) in [5.74, 6) is -0.133. The predicted molar refractivity (Wildman–Crippen MR) is 64.9 cm³/mol. The second kappa shape index (κ2) is 4.26. The van der Waals surface area contributed by atoms with Crippen LogP contribution in [0.2, 0.25) is 0 Å². The Morgan fingerprint density at radius 1 is 1.25 bits per heavy atom. The van der Waals surface area contributed by atoms with Gasteiger partial charge in [0.25, 0.3) is 5.91 Å². The largest absolute Gasteiger partial charge is 0.399 e. The van der Waals surface area contributed by atoms with Crippen molar-refractivity contribution in [1.82, 2.24) is 5.32 Å². The molecule has 1 amide bonds. The van der Waals surface area contributed by atoms with Crippen molar-refractivity contribution in [3.05, 3.63) is 35.9 Å². The highest BCUT2D eigenvalue weighted by Gasteiger charge is 2.16. The molecule has 1 aromatic carbocycles. The third kappa shape index (κ3) is 2.16. The minimum absolute atomic E-state index is 0.133. The minimum atomic E-state index is -0.133. The lowest BCUT2D eigenvalue weighted by atomic mass is 10.1. The van der Waals surface area contributed by atoms with E-state index in [9.17, 15) is 4.79 Å². The molecule has 84 valence electrons. The molecule has 0 unspecified atom stereocenters. The third-order valence-corrected chi connectivity index (χ3v) is 2.66. The number of amides is 1. The summed E-state index contributed by atoms with van der Waals surface area (Å²) in [6.07, 6.45) is 5.91. The lowest BCUT2D eigenvalue weighted by molar-refractivity contribution is 0.0940. The van der Waals surface area contributed by atoms with Crippen LogP contribution in [-0.2, 0) is 0 Å². The first-order chi connectivity index (χ1) is 7.66. The maximum atomic E-state index is 11.9. The fourth-order valence-electron chi connectivity index (χ4n) is 1.79. The van der Waals surface area contributed by atoms with E-state index in [2.05, 4.69) is 17.5 Å². The zero-order chi connectivity index (χ0) is 11.5. The van der Waals surface area contributed by atoms with E-state index >= 15 is 0 Å². The number of nitrogens with two attached hydrogens (primary N) is 2. The Morgan fingerprint density at radius 2 is 1.94 bits per heavy atom. The fourth-order valence-corrected chi connectivity index (χ4v) is 1.79. The van der Waals surface area contributed by atoms with Crippen LogP contribution in [0.1, 0.15) is 23.2 Å². The summed E-state index contributed by atoms with van der Waals surface area (Å²) in [6, 6.07) is 5.13. The standard InChI is InChI=1S/C12H15N3O/c13-8-5-6-10(11(14)7-8)12(16)15-9-3-1-2-4-9/h1-2,5-7,9H,3-4,13-14H2,(H,15,16). The number of hydrogen-bond donors (Lipinski definition) is 3. The highest BCUT2D eigenvalue weighted by molar-refractivity contribution is 5.99.